The number of anilines is 1. The molecule has 0 unspecified atom stereocenters. The standard InChI is InChI=1S/C10H16N2O7P2/c13-10(6-11-9-4-2-1-3-5-9)12(7-20(14,15)16)8-21(17,18)19/h1-5,11H,6-8H2,(H2,14,15,16)(H2,17,18,19). The van der Waals surface area contributed by atoms with Crippen LogP contribution in [0.25, 0.3) is 0 Å². The van der Waals surface area contributed by atoms with Gasteiger partial charge in [-0.2, -0.15) is 0 Å². The summed E-state index contributed by atoms with van der Waals surface area (Å²) in [6.45, 7) is -0.343. The number of hydrogen-bond donors (Lipinski definition) is 5. The first-order valence-electron chi connectivity index (χ1n) is 5.73. The number of nitrogens with zero attached hydrogens (tertiary/aromatic N) is 1. The molecule has 11 heteroatoms. The van der Waals surface area contributed by atoms with E-state index in [-0.39, 0.29) is 6.54 Å². The summed E-state index contributed by atoms with van der Waals surface area (Å²) < 4.78 is 21.9. The molecule has 0 aliphatic rings. The van der Waals surface area contributed by atoms with Crippen molar-refractivity contribution in [1.29, 1.82) is 0 Å². The maximum Gasteiger partial charge on any atom is 0.344 e. The normalized spacial score (nSPS) is 12.0. The molecule has 0 fully saturated rings. The highest BCUT2D eigenvalue weighted by Crippen LogP contribution is 2.40. The minimum Gasteiger partial charge on any atom is -0.376 e. The number of carbonyl (C=O) groups is 1. The van der Waals surface area contributed by atoms with Gasteiger partial charge in [0.1, 0.15) is 12.6 Å². The summed E-state index contributed by atoms with van der Waals surface area (Å²) in [4.78, 5) is 47.8. The SMILES string of the molecule is O=C(CNc1ccccc1)N(CP(=O)(O)O)CP(=O)(O)O. The Hall–Kier alpha value is -1.21. The van der Waals surface area contributed by atoms with Gasteiger partial charge in [-0.15, -0.1) is 0 Å². The van der Waals surface area contributed by atoms with E-state index in [0.717, 1.165) is 0 Å². The summed E-state index contributed by atoms with van der Waals surface area (Å²) in [5, 5.41) is 2.70. The van der Waals surface area contributed by atoms with E-state index in [1.54, 1.807) is 30.3 Å². The van der Waals surface area contributed by atoms with Crippen LogP contribution in [0.3, 0.4) is 0 Å². The lowest BCUT2D eigenvalue weighted by Gasteiger charge is -2.23. The number of para-hydroxylation sites is 1. The van der Waals surface area contributed by atoms with Crippen molar-refractivity contribution in [2.45, 2.75) is 0 Å². The number of hydrogen-bond acceptors (Lipinski definition) is 4. The van der Waals surface area contributed by atoms with Crippen LogP contribution in [0, 0.1) is 0 Å². The van der Waals surface area contributed by atoms with Gasteiger partial charge in [-0.25, -0.2) is 0 Å². The highest BCUT2D eigenvalue weighted by atomic mass is 31.2. The third-order valence-corrected chi connectivity index (χ3v) is 3.70. The van der Waals surface area contributed by atoms with Gasteiger partial charge in [0.05, 0.1) is 6.54 Å². The Morgan fingerprint density at radius 2 is 1.48 bits per heavy atom. The van der Waals surface area contributed by atoms with Crippen LogP contribution < -0.4 is 5.32 Å². The summed E-state index contributed by atoms with van der Waals surface area (Å²) in [5.41, 5.74) is 0.596. The molecule has 0 aliphatic carbocycles. The monoisotopic (exact) mass is 338 g/mol. The van der Waals surface area contributed by atoms with Crippen LogP contribution in [-0.4, -0.2) is 49.5 Å². The van der Waals surface area contributed by atoms with Crippen molar-refractivity contribution in [2.24, 2.45) is 0 Å². The topological polar surface area (TPSA) is 147 Å². The van der Waals surface area contributed by atoms with Gasteiger partial charge in [0.2, 0.25) is 5.91 Å². The molecule has 0 aliphatic heterocycles. The average molecular weight is 338 g/mol. The molecular formula is C10H16N2O7P2. The molecular weight excluding hydrogens is 322 g/mol. The molecule has 0 heterocycles. The Labute approximate surface area is 120 Å². The molecule has 0 saturated heterocycles. The van der Waals surface area contributed by atoms with E-state index in [2.05, 4.69) is 5.32 Å². The van der Waals surface area contributed by atoms with Crippen LogP contribution in [0.4, 0.5) is 5.69 Å². The van der Waals surface area contributed by atoms with E-state index in [0.29, 0.717) is 10.6 Å². The van der Waals surface area contributed by atoms with Gasteiger partial charge in [0.15, 0.2) is 0 Å². The van der Waals surface area contributed by atoms with Crippen molar-refractivity contribution in [3.63, 3.8) is 0 Å². The lowest BCUT2D eigenvalue weighted by atomic mass is 10.3. The Morgan fingerprint density at radius 3 is 1.90 bits per heavy atom. The molecule has 1 aromatic rings. The minimum atomic E-state index is -4.62. The predicted molar refractivity (Wildman–Crippen MR) is 75.6 cm³/mol. The van der Waals surface area contributed by atoms with E-state index in [1.807, 2.05) is 0 Å². The van der Waals surface area contributed by atoms with Crippen LogP contribution in [0.5, 0.6) is 0 Å². The van der Waals surface area contributed by atoms with E-state index in [9.17, 15) is 13.9 Å². The zero-order valence-electron chi connectivity index (χ0n) is 10.9. The summed E-state index contributed by atoms with van der Waals surface area (Å²) in [6, 6.07) is 8.54. The van der Waals surface area contributed by atoms with Gasteiger partial charge >= 0.3 is 15.2 Å². The number of nitrogens with one attached hydrogen (secondary N) is 1. The third-order valence-electron chi connectivity index (χ3n) is 2.28. The molecule has 9 nitrogen and oxygen atoms in total. The van der Waals surface area contributed by atoms with Crippen molar-refractivity contribution >= 4 is 26.8 Å². The Morgan fingerprint density at radius 1 is 1.00 bits per heavy atom. The molecule has 1 aromatic carbocycles. The fraction of sp³-hybridized carbons (Fsp3) is 0.300. The molecule has 118 valence electrons. The van der Waals surface area contributed by atoms with Gasteiger partial charge in [0, 0.05) is 5.69 Å². The van der Waals surface area contributed by atoms with Crippen molar-refractivity contribution in [3.05, 3.63) is 30.3 Å². The van der Waals surface area contributed by atoms with E-state index < -0.39 is 33.7 Å². The minimum absolute atomic E-state index is 0.343. The fourth-order valence-corrected chi connectivity index (χ4v) is 3.06. The Bertz CT molecular complexity index is 544. The number of amides is 1. The van der Waals surface area contributed by atoms with Crippen molar-refractivity contribution < 1.29 is 33.5 Å². The highest BCUT2D eigenvalue weighted by molar-refractivity contribution is 7.52. The van der Waals surface area contributed by atoms with Crippen molar-refractivity contribution in [3.8, 4) is 0 Å². The summed E-state index contributed by atoms with van der Waals surface area (Å²) in [7, 11) is -9.25. The molecule has 0 aromatic heterocycles. The largest absolute Gasteiger partial charge is 0.376 e. The molecule has 1 rings (SSSR count). The van der Waals surface area contributed by atoms with Crippen LogP contribution in [0.15, 0.2) is 30.3 Å². The van der Waals surface area contributed by atoms with E-state index >= 15 is 0 Å². The van der Waals surface area contributed by atoms with E-state index in [4.69, 9.17) is 19.6 Å². The van der Waals surface area contributed by atoms with Gasteiger partial charge in [-0.05, 0) is 12.1 Å². The second kappa shape index (κ2) is 7.17. The molecule has 0 bridgehead atoms. The first-order valence-corrected chi connectivity index (χ1v) is 9.32. The van der Waals surface area contributed by atoms with Gasteiger partial charge in [-0.3, -0.25) is 13.9 Å². The van der Waals surface area contributed by atoms with Crippen LogP contribution >= 0.6 is 15.2 Å². The zero-order chi connectivity index (χ0) is 16.1. The van der Waals surface area contributed by atoms with Gasteiger partial charge in [0.25, 0.3) is 0 Å². The quantitative estimate of drug-likeness (QED) is 0.443. The van der Waals surface area contributed by atoms with Gasteiger partial charge < -0.3 is 29.8 Å². The molecule has 1 amide bonds. The second-order valence-corrected chi connectivity index (χ2v) is 7.49. The smallest absolute Gasteiger partial charge is 0.344 e. The fourth-order valence-electron chi connectivity index (χ4n) is 1.49. The lowest BCUT2D eigenvalue weighted by Crippen LogP contribution is -2.37. The Balaban J connectivity index is 2.71. The molecule has 5 N–H and O–H groups in total. The van der Waals surface area contributed by atoms with Crippen LogP contribution in [0.2, 0.25) is 0 Å². The summed E-state index contributed by atoms with van der Waals surface area (Å²) >= 11 is 0. The lowest BCUT2D eigenvalue weighted by molar-refractivity contribution is -0.128. The first kappa shape index (κ1) is 17.8. The molecule has 0 saturated carbocycles. The van der Waals surface area contributed by atoms with Crippen molar-refractivity contribution in [1.82, 2.24) is 4.90 Å². The maximum atomic E-state index is 11.8. The third kappa shape index (κ3) is 7.96. The van der Waals surface area contributed by atoms with Crippen molar-refractivity contribution in [2.75, 3.05) is 24.4 Å². The number of carbonyl (C=O) groups excluding carboxylic acids is 1. The number of rotatable bonds is 7. The zero-order valence-corrected chi connectivity index (χ0v) is 12.7. The molecule has 0 radical (unpaired) electrons. The van der Waals surface area contributed by atoms with E-state index in [1.165, 1.54) is 0 Å². The maximum absolute atomic E-state index is 11.8. The van der Waals surface area contributed by atoms with Gasteiger partial charge in [-0.1, -0.05) is 18.2 Å². The summed E-state index contributed by atoms with van der Waals surface area (Å²) in [6.07, 6.45) is -2.10. The van der Waals surface area contributed by atoms with Crippen LogP contribution in [-0.2, 0) is 13.9 Å². The number of benzene rings is 1. The predicted octanol–water partition coefficient (Wildman–Crippen LogP) is 0.197. The average Bonchev–Trinajstić information content (AvgIpc) is 2.33. The molecule has 0 spiro atoms. The summed E-state index contributed by atoms with van der Waals surface area (Å²) in [5.74, 6) is -0.828. The molecule has 0 atom stereocenters. The second-order valence-electron chi connectivity index (χ2n) is 4.27. The van der Waals surface area contributed by atoms with Crippen LogP contribution in [0.1, 0.15) is 0 Å². The molecule has 21 heavy (non-hydrogen) atoms. The Kier molecular flexibility index (Phi) is 6.10. The first-order chi connectivity index (χ1) is 9.57. The highest BCUT2D eigenvalue weighted by Gasteiger charge is 2.29.